The van der Waals surface area contributed by atoms with E-state index in [0.29, 0.717) is 0 Å². The Morgan fingerprint density at radius 3 is 1.04 bits per heavy atom. The van der Waals surface area contributed by atoms with Gasteiger partial charge in [-0.3, -0.25) is 0 Å². The van der Waals surface area contributed by atoms with Gasteiger partial charge in [0, 0.05) is 21.8 Å². The van der Waals surface area contributed by atoms with Gasteiger partial charge in [-0.15, -0.1) is 11.3 Å². The first kappa shape index (κ1) is 32.0. The van der Waals surface area contributed by atoms with Crippen molar-refractivity contribution in [2.45, 2.75) is 0 Å². The highest BCUT2D eigenvalue weighted by Gasteiger charge is 2.14. The fourth-order valence-corrected chi connectivity index (χ4v) is 8.41. The molecular weight excluding hydrogens is 671 g/mol. The first-order valence-corrected chi connectivity index (χ1v) is 19.3. The predicted octanol–water partition coefficient (Wildman–Crippen LogP) is 15.3. The van der Waals surface area contributed by atoms with Crippen molar-refractivity contribution in [1.29, 1.82) is 0 Å². The second kappa shape index (κ2) is 13.7. The lowest BCUT2D eigenvalue weighted by Gasteiger charge is -2.26. The van der Waals surface area contributed by atoms with E-state index in [9.17, 15) is 0 Å². The summed E-state index contributed by atoms with van der Waals surface area (Å²) in [4.78, 5) is 2.35. The third-order valence-corrected chi connectivity index (χ3v) is 11.4. The van der Waals surface area contributed by atoms with Gasteiger partial charge in [0.2, 0.25) is 0 Å². The van der Waals surface area contributed by atoms with Gasteiger partial charge in [0.05, 0.1) is 0 Å². The van der Waals surface area contributed by atoms with Gasteiger partial charge in [0.1, 0.15) is 0 Å². The maximum absolute atomic E-state index is 2.35. The molecule has 0 aliphatic carbocycles. The van der Waals surface area contributed by atoms with Crippen molar-refractivity contribution < 1.29 is 0 Å². The summed E-state index contributed by atoms with van der Waals surface area (Å²) < 4.78 is 1.32. The van der Waals surface area contributed by atoms with Crippen LogP contribution >= 0.6 is 11.3 Å². The molecule has 54 heavy (non-hydrogen) atoms. The first-order valence-electron chi connectivity index (χ1n) is 18.4. The zero-order valence-corrected chi connectivity index (χ0v) is 30.4. The van der Waals surface area contributed by atoms with E-state index >= 15 is 0 Å². The normalized spacial score (nSPS) is 11.3. The Hall–Kier alpha value is -6.74. The number of rotatable bonds is 7. The van der Waals surface area contributed by atoms with Gasteiger partial charge >= 0.3 is 0 Å². The van der Waals surface area contributed by atoms with Gasteiger partial charge in [0.15, 0.2) is 0 Å². The summed E-state index contributed by atoms with van der Waals surface area (Å²) in [6, 6.07) is 75.2. The number of anilines is 3. The van der Waals surface area contributed by atoms with Crippen LogP contribution in [0.4, 0.5) is 17.1 Å². The summed E-state index contributed by atoms with van der Waals surface area (Å²) in [5, 5.41) is 8.48. The molecule has 1 nitrogen and oxygen atoms in total. The van der Waals surface area contributed by atoms with Gasteiger partial charge in [-0.05, 0) is 137 Å². The molecule has 0 aliphatic rings. The molecule has 0 N–H and O–H groups in total. The molecule has 0 aliphatic heterocycles. The number of thiophene rings is 1. The van der Waals surface area contributed by atoms with Crippen molar-refractivity contribution in [3.8, 4) is 44.5 Å². The highest BCUT2D eigenvalue weighted by atomic mass is 32.1. The molecule has 0 fully saturated rings. The summed E-state index contributed by atoms with van der Waals surface area (Å²) in [5.74, 6) is 0. The number of fused-ring (bicyclic) bond motifs is 3. The Morgan fingerprint density at radius 2 is 0.593 bits per heavy atom. The van der Waals surface area contributed by atoms with E-state index in [-0.39, 0.29) is 0 Å². The molecule has 0 atom stereocenters. The van der Waals surface area contributed by atoms with E-state index in [1.165, 1.54) is 76.1 Å². The van der Waals surface area contributed by atoms with Crippen LogP contribution in [0.15, 0.2) is 212 Å². The summed E-state index contributed by atoms with van der Waals surface area (Å²) in [6.07, 6.45) is 0. The van der Waals surface area contributed by atoms with E-state index in [1.807, 2.05) is 0 Å². The Bertz CT molecular complexity index is 2780. The van der Waals surface area contributed by atoms with Crippen molar-refractivity contribution in [2.75, 3.05) is 4.90 Å². The van der Waals surface area contributed by atoms with E-state index < -0.39 is 0 Å². The molecule has 2 heteroatoms. The third kappa shape index (κ3) is 6.13. The van der Waals surface area contributed by atoms with Crippen LogP contribution in [0.2, 0.25) is 0 Å². The molecule has 0 unspecified atom stereocenters. The lowest BCUT2D eigenvalue weighted by Crippen LogP contribution is -2.09. The molecule has 254 valence electrons. The molecule has 0 bridgehead atoms. The number of benzene rings is 9. The Morgan fingerprint density at radius 1 is 0.259 bits per heavy atom. The standard InChI is InChI=1S/C52H35NS/c1-3-7-44-33-46(16-13-36(44)5-1)41-21-27-50(28-22-41)53(51-29-23-42(24-30-51)47-17-14-37-6-2-4-8-45(37)34-47)49-25-19-39(20-26-49)38-9-11-40(12-10-38)48-18-15-43-31-32-54-52(43)35-48/h1-35H. The second-order valence-electron chi connectivity index (χ2n) is 13.9. The topological polar surface area (TPSA) is 3.24 Å². The average Bonchev–Trinajstić information content (AvgIpc) is 3.73. The van der Waals surface area contributed by atoms with E-state index in [1.54, 1.807) is 11.3 Å². The SMILES string of the molecule is c1ccc2cc(-c3ccc(N(c4ccc(-c5ccc(-c6ccc7ccsc7c6)cc5)cc4)c4ccc(-c5ccc6ccccc6c5)cc4)cc3)ccc2c1. The van der Waals surface area contributed by atoms with Crippen molar-refractivity contribution in [1.82, 2.24) is 0 Å². The quantitative estimate of drug-likeness (QED) is 0.160. The van der Waals surface area contributed by atoms with Gasteiger partial charge in [0.25, 0.3) is 0 Å². The smallest absolute Gasteiger partial charge is 0.0462 e. The fraction of sp³-hybridized carbons (Fsp3) is 0. The Balaban J connectivity index is 0.980. The maximum atomic E-state index is 2.35. The van der Waals surface area contributed by atoms with Crippen molar-refractivity contribution in [2.24, 2.45) is 0 Å². The number of nitrogens with zero attached hydrogens (tertiary/aromatic N) is 1. The van der Waals surface area contributed by atoms with Crippen molar-refractivity contribution >= 4 is 60.0 Å². The van der Waals surface area contributed by atoms with Crippen LogP contribution in [0.25, 0.3) is 76.1 Å². The monoisotopic (exact) mass is 705 g/mol. The minimum Gasteiger partial charge on any atom is -0.311 e. The second-order valence-corrected chi connectivity index (χ2v) is 14.8. The van der Waals surface area contributed by atoms with Crippen LogP contribution in [0.5, 0.6) is 0 Å². The summed E-state index contributed by atoms with van der Waals surface area (Å²) in [6.45, 7) is 0. The average molecular weight is 706 g/mol. The number of hydrogen-bond acceptors (Lipinski definition) is 2. The summed E-state index contributed by atoms with van der Waals surface area (Å²) >= 11 is 1.79. The molecule has 0 saturated carbocycles. The summed E-state index contributed by atoms with van der Waals surface area (Å²) in [7, 11) is 0. The lowest BCUT2D eigenvalue weighted by atomic mass is 9.99. The van der Waals surface area contributed by atoms with Crippen LogP contribution in [0.1, 0.15) is 0 Å². The molecule has 0 saturated heterocycles. The van der Waals surface area contributed by atoms with E-state index in [0.717, 1.165) is 17.1 Å². The van der Waals surface area contributed by atoms with Crippen LogP contribution in [-0.4, -0.2) is 0 Å². The first-order chi connectivity index (χ1) is 26.7. The zero-order chi connectivity index (χ0) is 35.8. The van der Waals surface area contributed by atoms with Gasteiger partial charge < -0.3 is 4.90 Å². The van der Waals surface area contributed by atoms with Crippen molar-refractivity contribution in [3.05, 3.63) is 212 Å². The van der Waals surface area contributed by atoms with Gasteiger partial charge in [-0.1, -0.05) is 146 Å². The predicted molar refractivity (Wildman–Crippen MR) is 233 cm³/mol. The molecular formula is C52H35NS. The lowest BCUT2D eigenvalue weighted by molar-refractivity contribution is 1.28. The molecule has 0 radical (unpaired) electrons. The molecule has 1 heterocycles. The maximum Gasteiger partial charge on any atom is 0.0462 e. The fourth-order valence-electron chi connectivity index (χ4n) is 7.58. The van der Waals surface area contributed by atoms with Crippen LogP contribution in [-0.2, 0) is 0 Å². The van der Waals surface area contributed by atoms with Crippen LogP contribution < -0.4 is 4.90 Å². The Labute approximate surface area is 319 Å². The minimum absolute atomic E-state index is 1.11. The van der Waals surface area contributed by atoms with E-state index in [4.69, 9.17) is 0 Å². The molecule has 9 aromatic carbocycles. The van der Waals surface area contributed by atoms with Crippen LogP contribution in [0.3, 0.4) is 0 Å². The molecule has 10 rings (SSSR count). The van der Waals surface area contributed by atoms with Crippen LogP contribution in [0, 0.1) is 0 Å². The third-order valence-electron chi connectivity index (χ3n) is 10.5. The molecule has 0 amide bonds. The molecule has 10 aromatic rings. The van der Waals surface area contributed by atoms with E-state index in [2.05, 4.69) is 217 Å². The highest BCUT2D eigenvalue weighted by Crippen LogP contribution is 2.39. The summed E-state index contributed by atoms with van der Waals surface area (Å²) in [5.41, 5.74) is 13.0. The largest absolute Gasteiger partial charge is 0.311 e. The van der Waals surface area contributed by atoms with Crippen molar-refractivity contribution in [3.63, 3.8) is 0 Å². The van der Waals surface area contributed by atoms with Gasteiger partial charge in [-0.2, -0.15) is 0 Å². The Kier molecular flexibility index (Phi) is 8.09. The minimum atomic E-state index is 1.11. The molecule has 0 spiro atoms. The zero-order valence-electron chi connectivity index (χ0n) is 29.6. The van der Waals surface area contributed by atoms with Gasteiger partial charge in [-0.25, -0.2) is 0 Å². The molecule has 1 aromatic heterocycles. The number of hydrogen-bond donors (Lipinski definition) is 0. The highest BCUT2D eigenvalue weighted by molar-refractivity contribution is 7.17.